The number of para-hydroxylation sites is 1. The van der Waals surface area contributed by atoms with E-state index in [9.17, 15) is 14.7 Å². The van der Waals surface area contributed by atoms with Gasteiger partial charge < -0.3 is 15.0 Å². The van der Waals surface area contributed by atoms with Gasteiger partial charge in [-0.3, -0.25) is 9.36 Å². The smallest absolute Gasteiger partial charge is 0.329 e. The van der Waals surface area contributed by atoms with Crippen LogP contribution in [-0.2, 0) is 0 Å². The first kappa shape index (κ1) is 12.9. The molecule has 3 rings (SSSR count). The van der Waals surface area contributed by atoms with Crippen molar-refractivity contribution in [2.45, 2.75) is 18.9 Å². The molecule has 1 aliphatic heterocycles. The minimum atomic E-state index is -0.446. The molecule has 0 radical (unpaired) electrons. The number of hydrogen-bond donors (Lipinski definition) is 2. The summed E-state index contributed by atoms with van der Waals surface area (Å²) in [5, 5.41) is 10.1. The van der Waals surface area contributed by atoms with Gasteiger partial charge >= 0.3 is 5.69 Å². The summed E-state index contributed by atoms with van der Waals surface area (Å²) < 4.78 is 1.30. The number of phenols is 1. The highest BCUT2D eigenvalue weighted by atomic mass is 16.3. The fourth-order valence-electron chi connectivity index (χ4n) is 2.82. The topological polar surface area (TPSA) is 78.3 Å². The Morgan fingerprint density at radius 2 is 1.95 bits per heavy atom. The van der Waals surface area contributed by atoms with Crippen LogP contribution in [0, 0.1) is 0 Å². The number of fused-ring (bicyclic) bond motifs is 1. The molecule has 2 aromatic rings. The molecule has 0 saturated carbocycles. The van der Waals surface area contributed by atoms with E-state index < -0.39 is 5.69 Å². The van der Waals surface area contributed by atoms with Crippen LogP contribution in [0.1, 0.15) is 18.9 Å². The van der Waals surface area contributed by atoms with Gasteiger partial charge in [0.15, 0.2) is 0 Å². The summed E-state index contributed by atoms with van der Waals surface area (Å²) in [7, 11) is 2.03. The zero-order valence-corrected chi connectivity index (χ0v) is 11.3. The number of nitrogens with one attached hydrogen (secondary N) is 1. The lowest BCUT2D eigenvalue weighted by Crippen LogP contribution is -2.42. The molecule has 0 bridgehead atoms. The van der Waals surface area contributed by atoms with Gasteiger partial charge in [-0.1, -0.05) is 6.07 Å². The van der Waals surface area contributed by atoms with Gasteiger partial charge in [0.05, 0.1) is 10.9 Å². The lowest BCUT2D eigenvalue weighted by Gasteiger charge is -2.29. The first-order valence-corrected chi connectivity index (χ1v) is 6.73. The van der Waals surface area contributed by atoms with Gasteiger partial charge in [-0.05, 0) is 45.1 Å². The summed E-state index contributed by atoms with van der Waals surface area (Å²) in [6.45, 7) is 1.74. The standard InChI is InChI=1S/C14H17N3O3/c1-16-7-5-9(6-8-16)17-13(19)10-3-2-4-11(18)12(10)15-14(17)20/h2-4,9,18H,5-8H2,1H3,(H,15,20). The van der Waals surface area contributed by atoms with Crippen LogP contribution in [0.2, 0.25) is 0 Å². The van der Waals surface area contributed by atoms with Crippen molar-refractivity contribution in [3.05, 3.63) is 39.0 Å². The second-order valence-electron chi connectivity index (χ2n) is 5.34. The number of hydrogen-bond acceptors (Lipinski definition) is 4. The predicted octanol–water partition coefficient (Wildman–Crippen LogP) is 0.662. The Morgan fingerprint density at radius 3 is 2.65 bits per heavy atom. The summed E-state index contributed by atoms with van der Waals surface area (Å²) in [5.41, 5.74) is -0.556. The Labute approximate surface area is 115 Å². The van der Waals surface area contributed by atoms with E-state index in [4.69, 9.17) is 0 Å². The fraction of sp³-hybridized carbons (Fsp3) is 0.429. The molecule has 6 nitrogen and oxygen atoms in total. The molecular formula is C14H17N3O3. The van der Waals surface area contributed by atoms with Gasteiger partial charge in [0, 0.05) is 6.04 Å². The molecule has 0 spiro atoms. The van der Waals surface area contributed by atoms with E-state index >= 15 is 0 Å². The number of nitrogens with zero attached hydrogens (tertiary/aromatic N) is 2. The van der Waals surface area contributed by atoms with Crippen molar-refractivity contribution < 1.29 is 5.11 Å². The molecule has 1 aromatic carbocycles. The van der Waals surface area contributed by atoms with Gasteiger partial charge in [0.25, 0.3) is 5.56 Å². The van der Waals surface area contributed by atoms with Crippen LogP contribution in [0.3, 0.4) is 0 Å². The van der Waals surface area contributed by atoms with Gasteiger partial charge in [-0.2, -0.15) is 0 Å². The number of aromatic amines is 1. The van der Waals surface area contributed by atoms with Gasteiger partial charge in [-0.25, -0.2) is 4.79 Å². The van der Waals surface area contributed by atoms with Crippen LogP contribution in [-0.4, -0.2) is 39.7 Å². The Hall–Kier alpha value is -2.08. The van der Waals surface area contributed by atoms with Crippen molar-refractivity contribution >= 4 is 10.9 Å². The number of piperidine rings is 1. The zero-order valence-electron chi connectivity index (χ0n) is 11.3. The van der Waals surface area contributed by atoms with Crippen LogP contribution >= 0.6 is 0 Å². The molecule has 2 N–H and O–H groups in total. The monoisotopic (exact) mass is 275 g/mol. The molecule has 20 heavy (non-hydrogen) atoms. The van der Waals surface area contributed by atoms with E-state index in [1.807, 2.05) is 7.05 Å². The van der Waals surface area contributed by atoms with E-state index in [1.165, 1.54) is 10.6 Å². The number of likely N-dealkylation sites (tertiary alicyclic amines) is 1. The average molecular weight is 275 g/mol. The predicted molar refractivity (Wildman–Crippen MR) is 76.3 cm³/mol. The summed E-state index contributed by atoms with van der Waals surface area (Å²) in [5.74, 6) is -0.0766. The molecule has 6 heteroatoms. The Morgan fingerprint density at radius 1 is 1.25 bits per heavy atom. The fourth-order valence-corrected chi connectivity index (χ4v) is 2.82. The summed E-state index contributed by atoms with van der Waals surface area (Å²) in [4.78, 5) is 29.5. The van der Waals surface area contributed by atoms with Crippen LogP contribution < -0.4 is 11.2 Å². The number of phenolic OH excluding ortho intramolecular Hbond substituents is 1. The number of benzene rings is 1. The van der Waals surface area contributed by atoms with E-state index in [1.54, 1.807) is 12.1 Å². The molecule has 1 fully saturated rings. The number of aromatic hydroxyl groups is 1. The highest BCUT2D eigenvalue weighted by Crippen LogP contribution is 2.21. The maximum atomic E-state index is 12.5. The van der Waals surface area contributed by atoms with Crippen molar-refractivity contribution in [3.8, 4) is 5.75 Å². The van der Waals surface area contributed by atoms with E-state index in [-0.39, 0.29) is 22.9 Å². The van der Waals surface area contributed by atoms with Crippen LogP contribution in [0.25, 0.3) is 10.9 Å². The molecule has 0 unspecified atom stereocenters. The van der Waals surface area contributed by atoms with Gasteiger partial charge in [0.1, 0.15) is 5.75 Å². The Kier molecular flexibility index (Phi) is 3.10. The molecule has 0 aliphatic carbocycles. The normalized spacial score (nSPS) is 17.6. The molecule has 0 atom stereocenters. The highest BCUT2D eigenvalue weighted by Gasteiger charge is 2.22. The van der Waals surface area contributed by atoms with Crippen LogP contribution in [0.5, 0.6) is 5.75 Å². The number of H-pyrrole nitrogens is 1. The van der Waals surface area contributed by atoms with Crippen molar-refractivity contribution in [1.82, 2.24) is 14.5 Å². The van der Waals surface area contributed by atoms with Crippen LogP contribution in [0.15, 0.2) is 27.8 Å². The Balaban J connectivity index is 2.17. The van der Waals surface area contributed by atoms with Crippen molar-refractivity contribution in [2.24, 2.45) is 0 Å². The quantitative estimate of drug-likeness (QED) is 0.801. The zero-order chi connectivity index (χ0) is 14.3. The summed E-state index contributed by atoms with van der Waals surface area (Å²) in [6.07, 6.45) is 1.56. The minimum absolute atomic E-state index is 0.0748. The minimum Gasteiger partial charge on any atom is -0.506 e. The molecule has 1 saturated heterocycles. The second-order valence-corrected chi connectivity index (χ2v) is 5.34. The van der Waals surface area contributed by atoms with Crippen molar-refractivity contribution in [3.63, 3.8) is 0 Å². The second kappa shape index (κ2) is 4.79. The van der Waals surface area contributed by atoms with E-state index in [0.717, 1.165) is 25.9 Å². The number of aromatic nitrogens is 2. The molecular weight excluding hydrogens is 258 g/mol. The molecule has 106 valence electrons. The summed E-state index contributed by atoms with van der Waals surface area (Å²) in [6, 6.07) is 4.61. The largest absolute Gasteiger partial charge is 0.506 e. The maximum absolute atomic E-state index is 12.5. The van der Waals surface area contributed by atoms with Crippen molar-refractivity contribution in [2.75, 3.05) is 20.1 Å². The maximum Gasteiger partial charge on any atom is 0.329 e. The Bertz CT molecular complexity index is 754. The molecule has 2 heterocycles. The highest BCUT2D eigenvalue weighted by molar-refractivity contribution is 5.82. The van der Waals surface area contributed by atoms with Crippen LogP contribution in [0.4, 0.5) is 0 Å². The SMILES string of the molecule is CN1CCC(n2c(=O)[nH]c3c(O)cccc3c2=O)CC1. The van der Waals surface area contributed by atoms with Crippen molar-refractivity contribution in [1.29, 1.82) is 0 Å². The third kappa shape index (κ3) is 2.02. The molecule has 1 aliphatic rings. The first-order valence-electron chi connectivity index (χ1n) is 6.73. The van der Waals surface area contributed by atoms with Gasteiger partial charge in [0.2, 0.25) is 0 Å². The average Bonchev–Trinajstić information content (AvgIpc) is 2.42. The van der Waals surface area contributed by atoms with E-state index in [0.29, 0.717) is 5.39 Å². The number of rotatable bonds is 1. The summed E-state index contributed by atoms with van der Waals surface area (Å²) >= 11 is 0. The molecule has 1 aromatic heterocycles. The molecule has 0 amide bonds. The third-order valence-electron chi connectivity index (χ3n) is 4.00. The van der Waals surface area contributed by atoms with Gasteiger partial charge in [-0.15, -0.1) is 0 Å². The lowest BCUT2D eigenvalue weighted by atomic mass is 10.1. The first-order chi connectivity index (χ1) is 9.58. The lowest BCUT2D eigenvalue weighted by molar-refractivity contribution is 0.216. The third-order valence-corrected chi connectivity index (χ3v) is 4.00. The van der Waals surface area contributed by atoms with E-state index in [2.05, 4.69) is 9.88 Å².